The summed E-state index contributed by atoms with van der Waals surface area (Å²) in [5.74, 6) is 0.142. The maximum absolute atomic E-state index is 13.3. The molecule has 0 bridgehead atoms. The fourth-order valence-corrected chi connectivity index (χ4v) is 1.78. The van der Waals surface area contributed by atoms with Crippen LogP contribution in [0.2, 0.25) is 0 Å². The molecule has 0 fully saturated rings. The van der Waals surface area contributed by atoms with Gasteiger partial charge in [0.05, 0.1) is 6.33 Å². The van der Waals surface area contributed by atoms with Gasteiger partial charge < -0.3 is 15.6 Å². The second kappa shape index (κ2) is 6.10. The summed E-state index contributed by atoms with van der Waals surface area (Å²) in [6, 6.07) is 7.53. The maximum Gasteiger partial charge on any atom is 0.252 e. The molecular weight excluding hydrogens is 247 g/mol. The Morgan fingerprint density at radius 1 is 1.37 bits per heavy atom. The van der Waals surface area contributed by atoms with E-state index in [9.17, 15) is 9.18 Å². The number of hydrogen-bond donors (Lipinski definition) is 2. The van der Waals surface area contributed by atoms with Crippen molar-refractivity contribution in [2.75, 3.05) is 18.0 Å². The molecule has 0 radical (unpaired) electrons. The van der Waals surface area contributed by atoms with E-state index in [-0.39, 0.29) is 11.4 Å². The Balaban J connectivity index is 2.38. The van der Waals surface area contributed by atoms with Crippen LogP contribution in [0.15, 0.2) is 41.5 Å². The Morgan fingerprint density at radius 2 is 2.21 bits per heavy atom. The maximum atomic E-state index is 13.3. The lowest BCUT2D eigenvalue weighted by molar-refractivity contribution is 0.627. The summed E-state index contributed by atoms with van der Waals surface area (Å²) in [4.78, 5) is 19.7. The predicted octanol–water partition coefficient (Wildman–Crippen LogP) is 1.40. The number of nitrogens with zero attached hydrogens (tertiary/aromatic N) is 2. The van der Waals surface area contributed by atoms with Gasteiger partial charge in [-0.25, -0.2) is 9.37 Å². The van der Waals surface area contributed by atoms with Crippen molar-refractivity contribution >= 4 is 11.5 Å². The second-order valence-corrected chi connectivity index (χ2v) is 4.04. The van der Waals surface area contributed by atoms with E-state index in [2.05, 4.69) is 9.97 Å². The van der Waals surface area contributed by atoms with Gasteiger partial charge in [0, 0.05) is 18.3 Å². The van der Waals surface area contributed by atoms with E-state index in [1.54, 1.807) is 17.0 Å². The molecule has 1 aromatic carbocycles. The van der Waals surface area contributed by atoms with Crippen molar-refractivity contribution in [2.24, 2.45) is 5.73 Å². The van der Waals surface area contributed by atoms with Crippen molar-refractivity contribution in [2.45, 2.75) is 6.42 Å². The minimum Gasteiger partial charge on any atom is -0.330 e. The van der Waals surface area contributed by atoms with Gasteiger partial charge >= 0.3 is 0 Å². The van der Waals surface area contributed by atoms with Crippen LogP contribution in [-0.4, -0.2) is 23.1 Å². The number of hydrogen-bond acceptors (Lipinski definition) is 4. The first-order chi connectivity index (χ1) is 9.20. The molecule has 0 spiro atoms. The fraction of sp³-hybridized carbons (Fsp3) is 0.231. The summed E-state index contributed by atoms with van der Waals surface area (Å²) >= 11 is 0. The van der Waals surface area contributed by atoms with Gasteiger partial charge in [-0.2, -0.15) is 0 Å². The van der Waals surface area contributed by atoms with Gasteiger partial charge in [0.2, 0.25) is 0 Å². The average Bonchev–Trinajstić information content (AvgIpc) is 2.39. The van der Waals surface area contributed by atoms with Crippen LogP contribution in [0.5, 0.6) is 0 Å². The highest BCUT2D eigenvalue weighted by Gasteiger charge is 2.11. The lowest BCUT2D eigenvalue weighted by Crippen LogP contribution is -2.23. The van der Waals surface area contributed by atoms with Crippen molar-refractivity contribution in [1.29, 1.82) is 0 Å². The molecule has 0 amide bonds. The molecule has 100 valence electrons. The van der Waals surface area contributed by atoms with Crippen molar-refractivity contribution in [3.8, 4) is 0 Å². The topological polar surface area (TPSA) is 75.0 Å². The number of H-pyrrole nitrogens is 1. The van der Waals surface area contributed by atoms with Crippen molar-refractivity contribution < 1.29 is 4.39 Å². The standard InChI is InChI=1S/C13H15FN4O/c14-10-3-1-4-11(7-10)18(6-2-5-15)12-8-13(19)17-9-16-12/h1,3-4,7-9H,2,5-6,15H2,(H,16,17,19). The number of nitrogens with two attached hydrogens (primary N) is 1. The number of rotatable bonds is 5. The zero-order valence-electron chi connectivity index (χ0n) is 10.3. The second-order valence-electron chi connectivity index (χ2n) is 4.04. The van der Waals surface area contributed by atoms with Gasteiger partial charge in [0.25, 0.3) is 5.56 Å². The summed E-state index contributed by atoms with van der Waals surface area (Å²) < 4.78 is 13.3. The lowest BCUT2D eigenvalue weighted by Gasteiger charge is -2.23. The summed E-state index contributed by atoms with van der Waals surface area (Å²) in [6.07, 6.45) is 2.04. The molecule has 0 aliphatic heterocycles. The van der Waals surface area contributed by atoms with E-state index >= 15 is 0 Å². The quantitative estimate of drug-likeness (QED) is 0.854. The van der Waals surface area contributed by atoms with Crippen molar-refractivity contribution in [1.82, 2.24) is 9.97 Å². The van der Waals surface area contributed by atoms with Gasteiger partial charge in [-0.3, -0.25) is 4.79 Å². The van der Waals surface area contributed by atoms with E-state index < -0.39 is 0 Å². The van der Waals surface area contributed by atoms with Crippen LogP contribution in [0.25, 0.3) is 0 Å². The summed E-state index contributed by atoms with van der Waals surface area (Å²) in [7, 11) is 0. The number of nitrogens with one attached hydrogen (secondary N) is 1. The highest BCUT2D eigenvalue weighted by Crippen LogP contribution is 2.23. The number of aromatic nitrogens is 2. The SMILES string of the molecule is NCCCN(c1cccc(F)c1)c1cc(=O)[nH]cn1. The van der Waals surface area contributed by atoms with Crippen LogP contribution in [0, 0.1) is 5.82 Å². The number of aromatic amines is 1. The van der Waals surface area contributed by atoms with Gasteiger partial charge in [-0.05, 0) is 31.2 Å². The van der Waals surface area contributed by atoms with Gasteiger partial charge in [-0.1, -0.05) is 6.07 Å². The van der Waals surface area contributed by atoms with Crippen LogP contribution in [0.1, 0.15) is 6.42 Å². The average molecular weight is 262 g/mol. The van der Waals surface area contributed by atoms with Crippen LogP contribution in [-0.2, 0) is 0 Å². The lowest BCUT2D eigenvalue weighted by atomic mass is 10.2. The zero-order chi connectivity index (χ0) is 13.7. The molecule has 0 aliphatic carbocycles. The minimum atomic E-state index is -0.333. The third-order valence-electron chi connectivity index (χ3n) is 2.65. The number of benzene rings is 1. The highest BCUT2D eigenvalue weighted by atomic mass is 19.1. The molecule has 0 saturated carbocycles. The first-order valence-corrected chi connectivity index (χ1v) is 5.98. The molecule has 19 heavy (non-hydrogen) atoms. The first-order valence-electron chi connectivity index (χ1n) is 5.98. The van der Waals surface area contributed by atoms with Crippen molar-refractivity contribution in [3.05, 3.63) is 52.8 Å². The molecule has 0 aliphatic rings. The van der Waals surface area contributed by atoms with Crippen LogP contribution >= 0.6 is 0 Å². The van der Waals surface area contributed by atoms with Gasteiger partial charge in [0.1, 0.15) is 11.6 Å². The highest BCUT2D eigenvalue weighted by molar-refractivity contribution is 5.59. The van der Waals surface area contributed by atoms with Crippen LogP contribution in [0.3, 0.4) is 0 Å². The molecule has 6 heteroatoms. The molecule has 1 heterocycles. The number of anilines is 2. The van der Waals surface area contributed by atoms with Crippen LogP contribution in [0.4, 0.5) is 15.9 Å². The largest absolute Gasteiger partial charge is 0.330 e. The summed E-state index contributed by atoms with van der Waals surface area (Å²) in [6.45, 7) is 1.07. The normalized spacial score (nSPS) is 10.4. The molecule has 1 aromatic heterocycles. The summed E-state index contributed by atoms with van der Waals surface area (Å²) in [5, 5.41) is 0. The zero-order valence-corrected chi connectivity index (χ0v) is 10.3. The molecule has 0 unspecified atom stereocenters. The van der Waals surface area contributed by atoms with E-state index in [0.29, 0.717) is 31.0 Å². The van der Waals surface area contributed by atoms with E-state index in [1.807, 2.05) is 0 Å². The number of halogens is 1. The third-order valence-corrected chi connectivity index (χ3v) is 2.65. The smallest absolute Gasteiger partial charge is 0.252 e. The van der Waals surface area contributed by atoms with E-state index in [0.717, 1.165) is 0 Å². The molecular formula is C13H15FN4O. The van der Waals surface area contributed by atoms with Gasteiger partial charge in [-0.15, -0.1) is 0 Å². The fourth-order valence-electron chi connectivity index (χ4n) is 1.78. The molecule has 0 saturated heterocycles. The third kappa shape index (κ3) is 3.38. The van der Waals surface area contributed by atoms with E-state index in [4.69, 9.17) is 5.73 Å². The van der Waals surface area contributed by atoms with Crippen molar-refractivity contribution in [3.63, 3.8) is 0 Å². The summed E-state index contributed by atoms with van der Waals surface area (Å²) in [5.41, 5.74) is 5.90. The van der Waals surface area contributed by atoms with E-state index in [1.165, 1.54) is 24.5 Å². The Morgan fingerprint density at radius 3 is 2.89 bits per heavy atom. The minimum absolute atomic E-state index is 0.251. The Labute approximate surface area is 109 Å². The molecule has 5 nitrogen and oxygen atoms in total. The Kier molecular flexibility index (Phi) is 4.25. The molecule has 3 N–H and O–H groups in total. The first kappa shape index (κ1) is 13.2. The molecule has 0 atom stereocenters. The predicted molar refractivity (Wildman–Crippen MR) is 71.9 cm³/mol. The molecule has 2 rings (SSSR count). The van der Waals surface area contributed by atoms with Gasteiger partial charge in [0.15, 0.2) is 0 Å². The molecule has 2 aromatic rings. The monoisotopic (exact) mass is 262 g/mol. The Bertz CT molecular complexity index is 599. The Hall–Kier alpha value is -2.21. The van der Waals surface area contributed by atoms with Crippen LogP contribution < -0.4 is 16.2 Å².